The van der Waals surface area contributed by atoms with Gasteiger partial charge < -0.3 is 9.47 Å². The Labute approximate surface area is 198 Å². The van der Waals surface area contributed by atoms with Crippen LogP contribution in [0, 0.1) is 18.8 Å². The number of carbonyl (C=O) groups excluding carboxylic acids is 2. The molecule has 0 amide bonds. The first kappa shape index (κ1) is 25.0. The second-order valence-corrected chi connectivity index (χ2v) is 9.69. The second kappa shape index (κ2) is 11.0. The van der Waals surface area contributed by atoms with E-state index in [1.807, 2.05) is 38.1 Å². The van der Waals surface area contributed by atoms with Crippen molar-refractivity contribution in [3.05, 3.63) is 70.8 Å². The van der Waals surface area contributed by atoms with E-state index in [9.17, 15) is 9.59 Å². The first-order valence-electron chi connectivity index (χ1n) is 11.8. The molecule has 5 heteroatoms. The summed E-state index contributed by atoms with van der Waals surface area (Å²) < 4.78 is 11.2. The fourth-order valence-electron chi connectivity index (χ4n) is 5.07. The van der Waals surface area contributed by atoms with Crippen molar-refractivity contribution in [1.82, 2.24) is 4.90 Å². The Balaban J connectivity index is 1.87. The Bertz CT molecular complexity index is 956. The third-order valence-electron chi connectivity index (χ3n) is 7.07. The van der Waals surface area contributed by atoms with Gasteiger partial charge in [0.1, 0.15) is 12.1 Å². The summed E-state index contributed by atoms with van der Waals surface area (Å²) in [4.78, 5) is 27.5. The normalized spacial score (nSPS) is 22.5. The molecule has 0 bridgehead atoms. The molecule has 2 aromatic carbocycles. The number of esters is 2. The SMILES string of the molecule is COC(=O)c1ccc(C)c([C@H](C(=O)O[C@@H]2C[C@H](C)CC[C@H]2[C@H](C)c2ccccc2)N(C)C)c1. The highest BCUT2D eigenvalue weighted by Gasteiger charge is 2.38. The van der Waals surface area contributed by atoms with Gasteiger partial charge in [-0.05, 0) is 74.5 Å². The Kier molecular flexibility index (Phi) is 8.30. The average molecular weight is 452 g/mol. The molecule has 0 saturated heterocycles. The molecule has 1 fully saturated rings. The lowest BCUT2D eigenvalue weighted by Gasteiger charge is -2.39. The van der Waals surface area contributed by atoms with E-state index < -0.39 is 12.0 Å². The zero-order chi connectivity index (χ0) is 24.1. The Morgan fingerprint density at radius 3 is 2.39 bits per heavy atom. The summed E-state index contributed by atoms with van der Waals surface area (Å²) in [5, 5.41) is 0. The van der Waals surface area contributed by atoms with Gasteiger partial charge >= 0.3 is 11.9 Å². The van der Waals surface area contributed by atoms with Crippen LogP contribution in [-0.4, -0.2) is 44.1 Å². The number of aryl methyl sites for hydroxylation is 1. The molecule has 1 saturated carbocycles. The Hall–Kier alpha value is -2.66. The van der Waals surface area contributed by atoms with Gasteiger partial charge in [-0.25, -0.2) is 9.59 Å². The highest BCUT2D eigenvalue weighted by molar-refractivity contribution is 5.90. The molecule has 1 aliphatic rings. The van der Waals surface area contributed by atoms with Crippen molar-refractivity contribution < 1.29 is 19.1 Å². The first-order valence-corrected chi connectivity index (χ1v) is 11.8. The summed E-state index contributed by atoms with van der Waals surface area (Å²) in [5.41, 5.74) is 3.41. The van der Waals surface area contributed by atoms with Crippen molar-refractivity contribution in [3.8, 4) is 0 Å². The maximum absolute atomic E-state index is 13.6. The summed E-state index contributed by atoms with van der Waals surface area (Å²) >= 11 is 0. The van der Waals surface area contributed by atoms with Crippen LogP contribution < -0.4 is 0 Å². The first-order chi connectivity index (χ1) is 15.7. The third-order valence-corrected chi connectivity index (χ3v) is 7.07. The quantitative estimate of drug-likeness (QED) is 0.518. The molecular formula is C28H37NO4. The second-order valence-electron chi connectivity index (χ2n) is 9.69. The predicted octanol–water partition coefficient (Wildman–Crippen LogP) is 5.54. The van der Waals surface area contributed by atoms with Gasteiger partial charge in [0.05, 0.1) is 12.7 Å². The largest absolute Gasteiger partial charge is 0.465 e. The van der Waals surface area contributed by atoms with Gasteiger partial charge in [-0.2, -0.15) is 0 Å². The maximum Gasteiger partial charge on any atom is 0.337 e. The number of likely N-dealkylation sites (N-methyl/N-ethyl adjacent to an activating group) is 1. The van der Waals surface area contributed by atoms with Gasteiger partial charge in [-0.3, -0.25) is 4.90 Å². The monoisotopic (exact) mass is 451 g/mol. The molecule has 0 heterocycles. The zero-order valence-electron chi connectivity index (χ0n) is 20.7. The molecule has 33 heavy (non-hydrogen) atoms. The molecule has 0 aromatic heterocycles. The molecule has 0 radical (unpaired) electrons. The number of hydrogen-bond donors (Lipinski definition) is 0. The van der Waals surface area contributed by atoms with Gasteiger partial charge in [0.15, 0.2) is 0 Å². The van der Waals surface area contributed by atoms with Crippen molar-refractivity contribution in [2.45, 2.75) is 58.1 Å². The van der Waals surface area contributed by atoms with Crippen LogP contribution in [0.3, 0.4) is 0 Å². The van der Waals surface area contributed by atoms with E-state index in [2.05, 4.69) is 38.1 Å². The van der Waals surface area contributed by atoms with E-state index in [-0.39, 0.29) is 18.0 Å². The summed E-state index contributed by atoms with van der Waals surface area (Å²) in [7, 11) is 5.09. The number of carbonyl (C=O) groups is 2. The van der Waals surface area contributed by atoms with Crippen LogP contribution in [-0.2, 0) is 14.3 Å². The molecular weight excluding hydrogens is 414 g/mol. The highest BCUT2D eigenvalue weighted by Crippen LogP contribution is 2.40. The van der Waals surface area contributed by atoms with Crippen LogP contribution in [0.2, 0.25) is 0 Å². The number of rotatable bonds is 7. The van der Waals surface area contributed by atoms with E-state index in [4.69, 9.17) is 9.47 Å². The summed E-state index contributed by atoms with van der Waals surface area (Å²) in [6.45, 7) is 6.42. The topological polar surface area (TPSA) is 55.8 Å². The number of benzene rings is 2. The highest BCUT2D eigenvalue weighted by atomic mass is 16.5. The molecule has 3 rings (SSSR count). The standard InChI is InChI=1S/C28H37NO4/c1-18-12-15-23(20(3)21-10-8-7-9-11-21)25(16-18)33-28(31)26(29(4)5)24-17-22(27(30)32-6)14-13-19(24)2/h7-11,13-14,17-18,20,23,25-26H,12,15-16H2,1-6H3/t18-,20-,23+,25-,26-/m1/s1. The van der Waals surface area contributed by atoms with Crippen LogP contribution in [0.4, 0.5) is 0 Å². The molecule has 178 valence electrons. The van der Waals surface area contributed by atoms with Gasteiger partial charge in [0.25, 0.3) is 0 Å². The molecule has 0 unspecified atom stereocenters. The van der Waals surface area contributed by atoms with Crippen molar-refractivity contribution in [1.29, 1.82) is 0 Å². The lowest BCUT2D eigenvalue weighted by Crippen LogP contribution is -2.39. The zero-order valence-corrected chi connectivity index (χ0v) is 20.7. The summed E-state index contributed by atoms with van der Waals surface area (Å²) in [5.74, 6) is 0.412. The van der Waals surface area contributed by atoms with Gasteiger partial charge in [0.2, 0.25) is 0 Å². The maximum atomic E-state index is 13.6. The molecule has 0 aliphatic heterocycles. The minimum Gasteiger partial charge on any atom is -0.465 e. The Morgan fingerprint density at radius 1 is 1.06 bits per heavy atom. The van der Waals surface area contributed by atoms with Gasteiger partial charge in [-0.15, -0.1) is 0 Å². The molecule has 0 spiro atoms. The summed E-state index contributed by atoms with van der Waals surface area (Å²) in [6, 6.07) is 15.2. The lowest BCUT2D eigenvalue weighted by molar-refractivity contribution is -0.161. The van der Waals surface area contributed by atoms with Gasteiger partial charge in [-0.1, -0.05) is 56.7 Å². The molecule has 0 N–H and O–H groups in total. The lowest BCUT2D eigenvalue weighted by atomic mass is 9.73. The molecule has 1 aliphatic carbocycles. The van der Waals surface area contributed by atoms with E-state index >= 15 is 0 Å². The van der Waals surface area contributed by atoms with Crippen LogP contribution in [0.25, 0.3) is 0 Å². The van der Waals surface area contributed by atoms with Crippen molar-refractivity contribution in [3.63, 3.8) is 0 Å². The smallest absolute Gasteiger partial charge is 0.337 e. The summed E-state index contributed by atoms with van der Waals surface area (Å²) in [6.07, 6.45) is 2.92. The minimum absolute atomic E-state index is 0.136. The molecule has 5 atom stereocenters. The third kappa shape index (κ3) is 5.83. The molecule has 2 aromatic rings. The number of nitrogens with zero attached hydrogens (tertiary/aromatic N) is 1. The van der Waals surface area contributed by atoms with E-state index in [0.29, 0.717) is 17.4 Å². The van der Waals surface area contributed by atoms with Crippen molar-refractivity contribution >= 4 is 11.9 Å². The van der Waals surface area contributed by atoms with Crippen LogP contribution in [0.1, 0.15) is 72.1 Å². The van der Waals surface area contributed by atoms with E-state index in [0.717, 1.165) is 30.4 Å². The van der Waals surface area contributed by atoms with Crippen molar-refractivity contribution in [2.75, 3.05) is 21.2 Å². The fraction of sp³-hybridized carbons (Fsp3) is 0.500. The predicted molar refractivity (Wildman–Crippen MR) is 130 cm³/mol. The van der Waals surface area contributed by atoms with Crippen LogP contribution in [0.15, 0.2) is 48.5 Å². The number of methoxy groups -OCH3 is 1. The van der Waals surface area contributed by atoms with Crippen molar-refractivity contribution in [2.24, 2.45) is 11.8 Å². The van der Waals surface area contributed by atoms with E-state index in [1.165, 1.54) is 12.7 Å². The van der Waals surface area contributed by atoms with Crippen LogP contribution >= 0.6 is 0 Å². The number of hydrogen-bond acceptors (Lipinski definition) is 5. The fourth-order valence-corrected chi connectivity index (χ4v) is 5.07. The Morgan fingerprint density at radius 2 is 1.76 bits per heavy atom. The van der Waals surface area contributed by atoms with Crippen LogP contribution in [0.5, 0.6) is 0 Å². The average Bonchev–Trinajstić information content (AvgIpc) is 2.80. The van der Waals surface area contributed by atoms with Gasteiger partial charge in [0, 0.05) is 5.92 Å². The van der Waals surface area contributed by atoms with E-state index in [1.54, 1.807) is 12.1 Å². The molecule has 5 nitrogen and oxygen atoms in total. The minimum atomic E-state index is -0.598. The number of ether oxygens (including phenoxy) is 2.